The SMILES string of the molecule is CCCCCCCC/C=C\CCCCC(O)C(=O)NC(CS(=O)(=O)O)C(O)/C=C/CC/C=C/CCCCCCCCC. The van der Waals surface area contributed by atoms with Crippen molar-refractivity contribution in [2.75, 3.05) is 5.75 Å². The number of hydrogen-bond acceptors (Lipinski definition) is 5. The van der Waals surface area contributed by atoms with Crippen LogP contribution >= 0.6 is 0 Å². The Hall–Kier alpha value is -1.48. The van der Waals surface area contributed by atoms with E-state index in [9.17, 15) is 28.0 Å². The molecule has 0 bridgehead atoms. The Labute approximate surface area is 258 Å². The summed E-state index contributed by atoms with van der Waals surface area (Å²) in [5, 5.41) is 23.1. The van der Waals surface area contributed by atoms with Crippen molar-refractivity contribution in [3.05, 3.63) is 36.5 Å². The summed E-state index contributed by atoms with van der Waals surface area (Å²) in [4.78, 5) is 12.5. The summed E-state index contributed by atoms with van der Waals surface area (Å²) in [6, 6.07) is -1.25. The second kappa shape index (κ2) is 28.3. The van der Waals surface area contributed by atoms with Crippen molar-refractivity contribution in [2.24, 2.45) is 0 Å². The molecule has 0 aliphatic heterocycles. The maximum atomic E-state index is 12.5. The van der Waals surface area contributed by atoms with Crippen molar-refractivity contribution in [1.29, 1.82) is 0 Å². The number of carbonyl (C=O) groups excluding carboxylic acids is 1. The lowest BCUT2D eigenvalue weighted by molar-refractivity contribution is -0.130. The number of rotatable bonds is 29. The van der Waals surface area contributed by atoms with Gasteiger partial charge in [-0.1, -0.05) is 127 Å². The van der Waals surface area contributed by atoms with Gasteiger partial charge in [-0.05, 0) is 57.8 Å². The standard InChI is InChI=1S/C34H63NO6S/c1-3-5-7-9-11-13-15-17-19-20-22-24-26-28-32(36)31(30-42(39,40)41)35-34(38)33(37)29-27-25-23-21-18-16-14-12-10-8-6-4-2/h18-21,26,28,31-33,36-37H,3-17,22-25,27,29-30H2,1-2H3,(H,35,38)(H,39,40,41)/b20-19+,21-18-,28-26+. The highest BCUT2D eigenvalue weighted by Gasteiger charge is 2.27. The molecule has 0 aromatic heterocycles. The molecule has 0 aliphatic carbocycles. The molecule has 0 saturated heterocycles. The summed E-state index contributed by atoms with van der Waals surface area (Å²) in [5.41, 5.74) is 0. The van der Waals surface area contributed by atoms with Crippen LogP contribution in [-0.4, -0.2) is 53.1 Å². The molecule has 0 fully saturated rings. The molecule has 0 aliphatic rings. The second-order valence-electron chi connectivity index (χ2n) is 11.6. The summed E-state index contributed by atoms with van der Waals surface area (Å²) >= 11 is 0. The molecule has 0 heterocycles. The van der Waals surface area contributed by atoms with E-state index < -0.39 is 40.0 Å². The van der Waals surface area contributed by atoms with Crippen LogP contribution in [0.1, 0.15) is 149 Å². The molecule has 3 unspecified atom stereocenters. The van der Waals surface area contributed by atoms with Crippen LogP contribution < -0.4 is 5.32 Å². The van der Waals surface area contributed by atoms with Gasteiger partial charge in [0.25, 0.3) is 10.1 Å². The van der Waals surface area contributed by atoms with Crippen LogP contribution in [0.3, 0.4) is 0 Å². The maximum Gasteiger partial charge on any atom is 0.267 e. The molecule has 4 N–H and O–H groups in total. The van der Waals surface area contributed by atoms with E-state index in [4.69, 9.17) is 0 Å². The predicted molar refractivity (Wildman–Crippen MR) is 176 cm³/mol. The first-order chi connectivity index (χ1) is 20.2. The molecule has 0 aromatic carbocycles. The monoisotopic (exact) mass is 613 g/mol. The zero-order chi connectivity index (χ0) is 31.3. The van der Waals surface area contributed by atoms with Crippen molar-refractivity contribution in [1.82, 2.24) is 5.32 Å². The first kappa shape index (κ1) is 40.5. The van der Waals surface area contributed by atoms with Gasteiger partial charge in [0.15, 0.2) is 0 Å². The molecule has 7 nitrogen and oxygen atoms in total. The molecule has 8 heteroatoms. The largest absolute Gasteiger partial charge is 0.387 e. The van der Waals surface area contributed by atoms with Crippen molar-refractivity contribution in [2.45, 2.75) is 167 Å². The highest BCUT2D eigenvalue weighted by atomic mass is 32.2. The number of carbonyl (C=O) groups is 1. The van der Waals surface area contributed by atoms with E-state index in [1.165, 1.54) is 89.5 Å². The predicted octanol–water partition coefficient (Wildman–Crippen LogP) is 7.98. The van der Waals surface area contributed by atoms with Gasteiger partial charge >= 0.3 is 0 Å². The van der Waals surface area contributed by atoms with Crippen LogP contribution in [0.15, 0.2) is 36.5 Å². The highest BCUT2D eigenvalue weighted by molar-refractivity contribution is 7.85. The minimum atomic E-state index is -4.45. The van der Waals surface area contributed by atoms with Crippen LogP contribution in [0.25, 0.3) is 0 Å². The number of aliphatic hydroxyl groups is 2. The van der Waals surface area contributed by atoms with Gasteiger partial charge in [0, 0.05) is 0 Å². The summed E-state index contributed by atoms with van der Waals surface area (Å²) in [6.45, 7) is 4.44. The van der Waals surface area contributed by atoms with Crippen LogP contribution in [0.4, 0.5) is 0 Å². The van der Waals surface area contributed by atoms with Crippen molar-refractivity contribution >= 4 is 16.0 Å². The summed E-state index contributed by atoms with van der Waals surface area (Å²) in [7, 11) is -4.45. The number of hydrogen-bond donors (Lipinski definition) is 4. The Kier molecular flexibility index (Phi) is 27.3. The van der Waals surface area contributed by atoms with Crippen LogP contribution in [0.2, 0.25) is 0 Å². The third kappa shape index (κ3) is 27.4. The van der Waals surface area contributed by atoms with Gasteiger partial charge in [-0.25, -0.2) is 0 Å². The number of nitrogens with one attached hydrogen (secondary N) is 1. The molecule has 3 atom stereocenters. The Bertz CT molecular complexity index is 824. The molecular weight excluding hydrogens is 550 g/mol. The van der Waals surface area contributed by atoms with E-state index in [2.05, 4.69) is 43.5 Å². The number of amides is 1. The molecule has 0 radical (unpaired) electrons. The Balaban J connectivity index is 4.29. The molecule has 0 spiro atoms. The Morgan fingerprint density at radius 1 is 0.643 bits per heavy atom. The van der Waals surface area contributed by atoms with Crippen LogP contribution in [0, 0.1) is 0 Å². The van der Waals surface area contributed by atoms with Gasteiger partial charge in [-0.3, -0.25) is 9.35 Å². The van der Waals surface area contributed by atoms with Gasteiger partial charge in [0.1, 0.15) is 6.10 Å². The first-order valence-electron chi connectivity index (χ1n) is 16.8. The first-order valence-corrected chi connectivity index (χ1v) is 18.4. The zero-order valence-electron chi connectivity index (χ0n) is 26.7. The van der Waals surface area contributed by atoms with Gasteiger partial charge in [-0.2, -0.15) is 8.42 Å². The molecule has 0 aromatic rings. The minimum Gasteiger partial charge on any atom is -0.387 e. The van der Waals surface area contributed by atoms with E-state index in [-0.39, 0.29) is 6.42 Å². The Morgan fingerprint density at radius 3 is 1.57 bits per heavy atom. The number of allylic oxidation sites excluding steroid dienone is 5. The van der Waals surface area contributed by atoms with Gasteiger partial charge in [0.05, 0.1) is 17.9 Å². The third-order valence-electron chi connectivity index (χ3n) is 7.40. The lowest BCUT2D eigenvalue weighted by Crippen LogP contribution is -2.50. The fourth-order valence-corrected chi connectivity index (χ4v) is 5.49. The fourth-order valence-electron chi connectivity index (χ4n) is 4.76. The highest BCUT2D eigenvalue weighted by Crippen LogP contribution is 2.11. The molecule has 0 rings (SSSR count). The van der Waals surface area contributed by atoms with Gasteiger partial charge in [-0.15, -0.1) is 0 Å². The quantitative estimate of drug-likeness (QED) is 0.0385. The lowest BCUT2D eigenvalue weighted by Gasteiger charge is -2.22. The summed E-state index contributed by atoms with van der Waals surface area (Å²) < 4.78 is 32.3. The molecule has 0 saturated carbocycles. The van der Waals surface area contributed by atoms with E-state index in [1.807, 2.05) is 0 Å². The van der Waals surface area contributed by atoms with E-state index in [0.29, 0.717) is 12.8 Å². The zero-order valence-corrected chi connectivity index (χ0v) is 27.5. The van der Waals surface area contributed by atoms with Crippen LogP contribution in [0.5, 0.6) is 0 Å². The third-order valence-corrected chi connectivity index (χ3v) is 8.18. The second-order valence-corrected chi connectivity index (χ2v) is 13.1. The lowest BCUT2D eigenvalue weighted by atomic mass is 10.1. The Morgan fingerprint density at radius 2 is 1.07 bits per heavy atom. The summed E-state index contributed by atoms with van der Waals surface area (Å²) in [6.07, 6.45) is 32.0. The van der Waals surface area contributed by atoms with Crippen LogP contribution in [-0.2, 0) is 14.9 Å². The van der Waals surface area contributed by atoms with E-state index in [1.54, 1.807) is 6.08 Å². The molecule has 1 amide bonds. The summed E-state index contributed by atoms with van der Waals surface area (Å²) in [5.74, 6) is -1.58. The average Bonchev–Trinajstić information content (AvgIpc) is 2.94. The van der Waals surface area contributed by atoms with Crippen molar-refractivity contribution in [3.63, 3.8) is 0 Å². The maximum absolute atomic E-state index is 12.5. The van der Waals surface area contributed by atoms with Crippen molar-refractivity contribution < 1.29 is 28.0 Å². The normalized spacial score (nSPS) is 14.7. The fraction of sp³-hybridized carbons (Fsp3) is 0.794. The van der Waals surface area contributed by atoms with Crippen molar-refractivity contribution in [3.8, 4) is 0 Å². The molecule has 42 heavy (non-hydrogen) atoms. The molecule has 246 valence electrons. The topological polar surface area (TPSA) is 124 Å². The minimum absolute atomic E-state index is 0.243. The van der Waals surface area contributed by atoms with Gasteiger partial charge < -0.3 is 15.5 Å². The smallest absolute Gasteiger partial charge is 0.267 e. The number of aliphatic hydroxyl groups excluding tert-OH is 2. The van der Waals surface area contributed by atoms with E-state index >= 15 is 0 Å². The average molecular weight is 614 g/mol. The molecular formula is C34H63NO6S. The number of unbranched alkanes of at least 4 members (excludes halogenated alkanes) is 16. The van der Waals surface area contributed by atoms with E-state index in [0.717, 1.165) is 32.1 Å². The van der Waals surface area contributed by atoms with Gasteiger partial charge in [0.2, 0.25) is 5.91 Å².